The first kappa shape index (κ1) is 19.4. The van der Waals surface area contributed by atoms with Crippen molar-refractivity contribution in [3.8, 4) is 17.1 Å². The summed E-state index contributed by atoms with van der Waals surface area (Å²) >= 11 is 0. The van der Waals surface area contributed by atoms with Crippen molar-refractivity contribution in [3.05, 3.63) is 41.3 Å². The van der Waals surface area contributed by atoms with Crippen molar-refractivity contribution in [2.24, 2.45) is 0 Å². The maximum Gasteiger partial charge on any atom is 0.260 e. The summed E-state index contributed by atoms with van der Waals surface area (Å²) in [4.78, 5) is 26.8. The van der Waals surface area contributed by atoms with Gasteiger partial charge < -0.3 is 19.4 Å². The van der Waals surface area contributed by atoms with E-state index in [1.54, 1.807) is 4.90 Å². The standard InChI is InChI=1S/C22H26N4O3/c1-4-20-23-15(3)22(25-20)19-11-14(2)17-12-16(5-6-18(17)24-19)29-13-21(27)26-7-9-28-10-8-26/h5-6,11-12H,4,7-10,13H2,1-3H3,(H,23,25). The Bertz CT molecular complexity index is 1040. The summed E-state index contributed by atoms with van der Waals surface area (Å²) in [5.41, 5.74) is 4.75. The van der Waals surface area contributed by atoms with Crippen molar-refractivity contribution < 1.29 is 14.3 Å². The van der Waals surface area contributed by atoms with E-state index in [9.17, 15) is 4.79 Å². The Labute approximate surface area is 170 Å². The molecule has 1 aliphatic heterocycles. The molecule has 0 spiro atoms. The predicted octanol–water partition coefficient (Wildman–Crippen LogP) is 3.04. The number of rotatable bonds is 5. The number of carbonyl (C=O) groups excluding carboxylic acids is 1. The van der Waals surface area contributed by atoms with Crippen LogP contribution in [0.15, 0.2) is 24.3 Å². The van der Waals surface area contributed by atoms with E-state index < -0.39 is 0 Å². The second-order valence-corrected chi connectivity index (χ2v) is 7.30. The van der Waals surface area contributed by atoms with Crippen molar-refractivity contribution in [1.82, 2.24) is 19.9 Å². The summed E-state index contributed by atoms with van der Waals surface area (Å²) in [6, 6.07) is 7.79. The summed E-state index contributed by atoms with van der Waals surface area (Å²) in [5.74, 6) is 1.62. The van der Waals surface area contributed by atoms with Gasteiger partial charge in [0.2, 0.25) is 0 Å². The molecule has 0 bridgehead atoms. The van der Waals surface area contributed by atoms with Gasteiger partial charge in [0, 0.05) is 30.6 Å². The van der Waals surface area contributed by atoms with Crippen molar-refractivity contribution >= 4 is 16.8 Å². The normalized spacial score (nSPS) is 14.4. The number of imidazole rings is 1. The minimum absolute atomic E-state index is 0.0145. The molecule has 0 saturated carbocycles. The first-order valence-electron chi connectivity index (χ1n) is 10.0. The zero-order chi connectivity index (χ0) is 20.4. The summed E-state index contributed by atoms with van der Waals surface area (Å²) in [6.07, 6.45) is 0.858. The van der Waals surface area contributed by atoms with Crippen molar-refractivity contribution in [1.29, 1.82) is 0 Å². The molecule has 29 heavy (non-hydrogen) atoms. The summed E-state index contributed by atoms with van der Waals surface area (Å²) < 4.78 is 11.0. The number of hydrogen-bond acceptors (Lipinski definition) is 5. The quantitative estimate of drug-likeness (QED) is 0.719. The van der Waals surface area contributed by atoms with Gasteiger partial charge in [-0.3, -0.25) is 4.79 Å². The molecule has 1 aromatic carbocycles. The smallest absolute Gasteiger partial charge is 0.260 e. The average Bonchev–Trinajstić information content (AvgIpc) is 3.13. The summed E-state index contributed by atoms with van der Waals surface area (Å²) in [5, 5.41) is 1.01. The van der Waals surface area contributed by atoms with Gasteiger partial charge in [0.05, 0.1) is 24.4 Å². The lowest BCUT2D eigenvalue weighted by Crippen LogP contribution is -2.42. The van der Waals surface area contributed by atoms with Crippen molar-refractivity contribution in [2.75, 3.05) is 32.9 Å². The van der Waals surface area contributed by atoms with Gasteiger partial charge in [-0.2, -0.15) is 0 Å². The molecule has 7 heteroatoms. The van der Waals surface area contributed by atoms with Crippen LogP contribution in [0.1, 0.15) is 24.0 Å². The number of benzene rings is 1. The molecule has 1 amide bonds. The van der Waals surface area contributed by atoms with Crippen LogP contribution < -0.4 is 4.74 Å². The van der Waals surface area contributed by atoms with E-state index >= 15 is 0 Å². The Hall–Kier alpha value is -2.93. The lowest BCUT2D eigenvalue weighted by Gasteiger charge is -2.26. The molecule has 1 N–H and O–H groups in total. The van der Waals surface area contributed by atoms with Crippen LogP contribution in [0.3, 0.4) is 0 Å². The number of aromatic amines is 1. The van der Waals surface area contributed by atoms with Crippen LogP contribution in [-0.4, -0.2) is 58.7 Å². The van der Waals surface area contributed by atoms with Gasteiger partial charge in [-0.15, -0.1) is 0 Å². The molecule has 4 rings (SSSR count). The number of amides is 1. The largest absolute Gasteiger partial charge is 0.484 e. The minimum atomic E-state index is -0.0145. The van der Waals surface area contributed by atoms with E-state index in [0.717, 1.165) is 45.8 Å². The van der Waals surface area contributed by atoms with Crippen LogP contribution in [-0.2, 0) is 16.0 Å². The molecule has 0 radical (unpaired) electrons. The SMILES string of the molecule is CCc1nc(-c2cc(C)c3cc(OCC(=O)N4CCOCC4)ccc3n2)c(C)[nH]1. The third-order valence-electron chi connectivity index (χ3n) is 5.22. The molecule has 3 heterocycles. The lowest BCUT2D eigenvalue weighted by molar-refractivity contribution is -0.137. The molecule has 0 aliphatic carbocycles. The highest BCUT2D eigenvalue weighted by molar-refractivity contribution is 5.86. The van der Waals surface area contributed by atoms with E-state index in [0.29, 0.717) is 32.1 Å². The van der Waals surface area contributed by atoms with Crippen molar-refractivity contribution in [2.45, 2.75) is 27.2 Å². The second kappa shape index (κ2) is 8.21. The molecule has 7 nitrogen and oxygen atoms in total. The minimum Gasteiger partial charge on any atom is -0.484 e. The number of H-pyrrole nitrogens is 1. The molecular weight excluding hydrogens is 368 g/mol. The predicted molar refractivity (Wildman–Crippen MR) is 111 cm³/mol. The van der Waals surface area contributed by atoms with Gasteiger partial charge in [0.25, 0.3) is 5.91 Å². The zero-order valence-corrected chi connectivity index (χ0v) is 17.1. The Morgan fingerprint density at radius 3 is 2.72 bits per heavy atom. The Morgan fingerprint density at radius 1 is 1.21 bits per heavy atom. The van der Waals surface area contributed by atoms with E-state index in [-0.39, 0.29) is 12.5 Å². The van der Waals surface area contributed by atoms with Crippen LogP contribution in [0.4, 0.5) is 0 Å². The molecule has 0 atom stereocenters. The van der Waals surface area contributed by atoms with Gasteiger partial charge in [-0.1, -0.05) is 6.92 Å². The maximum absolute atomic E-state index is 12.3. The number of aryl methyl sites for hydroxylation is 3. The molecule has 2 aromatic heterocycles. The van der Waals surface area contributed by atoms with Crippen LogP contribution in [0.5, 0.6) is 5.75 Å². The van der Waals surface area contributed by atoms with E-state index in [4.69, 9.17) is 14.5 Å². The highest BCUT2D eigenvalue weighted by atomic mass is 16.5. The molecule has 3 aromatic rings. The Balaban J connectivity index is 1.54. The van der Waals surface area contributed by atoms with Crippen LogP contribution in [0, 0.1) is 13.8 Å². The number of pyridine rings is 1. The fraction of sp³-hybridized carbons (Fsp3) is 0.409. The lowest BCUT2D eigenvalue weighted by atomic mass is 10.1. The summed E-state index contributed by atoms with van der Waals surface area (Å²) in [6.45, 7) is 8.60. The Kier molecular flexibility index (Phi) is 5.49. The third-order valence-corrected chi connectivity index (χ3v) is 5.22. The second-order valence-electron chi connectivity index (χ2n) is 7.30. The Morgan fingerprint density at radius 2 is 2.00 bits per heavy atom. The first-order chi connectivity index (χ1) is 14.0. The molecule has 0 unspecified atom stereocenters. The number of morpholine rings is 1. The number of nitrogens with zero attached hydrogens (tertiary/aromatic N) is 3. The monoisotopic (exact) mass is 394 g/mol. The molecule has 1 fully saturated rings. The molecule has 152 valence electrons. The van der Waals surface area contributed by atoms with Crippen LogP contribution in [0.25, 0.3) is 22.3 Å². The van der Waals surface area contributed by atoms with E-state index in [1.165, 1.54) is 0 Å². The highest BCUT2D eigenvalue weighted by Gasteiger charge is 2.17. The number of fused-ring (bicyclic) bond motifs is 1. The molecular formula is C22H26N4O3. The van der Waals surface area contributed by atoms with Gasteiger partial charge in [0.15, 0.2) is 6.61 Å². The van der Waals surface area contributed by atoms with Crippen LogP contribution in [0.2, 0.25) is 0 Å². The highest BCUT2D eigenvalue weighted by Crippen LogP contribution is 2.28. The van der Waals surface area contributed by atoms with Gasteiger partial charge >= 0.3 is 0 Å². The van der Waals surface area contributed by atoms with E-state index in [1.807, 2.05) is 31.2 Å². The number of nitrogens with one attached hydrogen (secondary N) is 1. The van der Waals surface area contributed by atoms with Gasteiger partial charge in [0.1, 0.15) is 17.3 Å². The van der Waals surface area contributed by atoms with E-state index in [2.05, 4.69) is 23.8 Å². The number of ether oxygens (including phenoxy) is 2. The van der Waals surface area contributed by atoms with Crippen LogP contribution >= 0.6 is 0 Å². The zero-order valence-electron chi connectivity index (χ0n) is 17.1. The van der Waals surface area contributed by atoms with Gasteiger partial charge in [-0.05, 0) is 43.7 Å². The number of carbonyl (C=O) groups is 1. The number of hydrogen-bond donors (Lipinski definition) is 1. The average molecular weight is 394 g/mol. The summed E-state index contributed by atoms with van der Waals surface area (Å²) in [7, 11) is 0. The third kappa shape index (κ3) is 4.10. The van der Waals surface area contributed by atoms with Gasteiger partial charge in [-0.25, -0.2) is 9.97 Å². The fourth-order valence-electron chi connectivity index (χ4n) is 3.57. The fourth-order valence-corrected chi connectivity index (χ4v) is 3.57. The number of aromatic nitrogens is 3. The molecule has 1 saturated heterocycles. The molecule has 1 aliphatic rings. The maximum atomic E-state index is 12.3. The first-order valence-corrected chi connectivity index (χ1v) is 10.0. The van der Waals surface area contributed by atoms with Crippen molar-refractivity contribution in [3.63, 3.8) is 0 Å². The topological polar surface area (TPSA) is 80.3 Å².